The van der Waals surface area contributed by atoms with Gasteiger partial charge in [0.25, 0.3) is 0 Å². The minimum Gasteiger partial charge on any atom is -0.402 e. The van der Waals surface area contributed by atoms with Gasteiger partial charge >= 0.3 is 29.3 Å². The summed E-state index contributed by atoms with van der Waals surface area (Å²) in [6, 6.07) is 0. The van der Waals surface area contributed by atoms with Crippen molar-refractivity contribution < 1.29 is 110 Å². The number of hydrogen-bond acceptors (Lipinski definition) is 12. The van der Waals surface area contributed by atoms with E-state index in [0.717, 1.165) is 0 Å². The van der Waals surface area contributed by atoms with Crippen molar-refractivity contribution in [2.24, 2.45) is 0 Å². The largest absolute Gasteiger partial charge is 0.631 e. The normalized spacial score (nSPS) is 6.35. The Balaban J connectivity index is -0.0000000369. The average Bonchev–Trinajstić information content (AvgIpc) is 1.76. The third kappa shape index (κ3) is 2200. The van der Waals surface area contributed by atoms with E-state index in [1.54, 1.807) is 0 Å². The van der Waals surface area contributed by atoms with Gasteiger partial charge in [-0.3, -0.25) is 0 Å². The molecule has 17 heavy (non-hydrogen) atoms. The second-order valence-corrected chi connectivity index (χ2v) is 1.39. The summed E-state index contributed by atoms with van der Waals surface area (Å²) in [4.78, 5) is 0. The molecule has 0 aliphatic heterocycles. The van der Waals surface area contributed by atoms with Crippen LogP contribution in [0.1, 0.15) is 0 Å². The van der Waals surface area contributed by atoms with Crippen molar-refractivity contribution in [3.8, 4) is 0 Å². The van der Waals surface area contributed by atoms with Crippen molar-refractivity contribution >= 4 is 29.3 Å². The Morgan fingerprint density at radius 3 is 0.294 bits per heavy atom. The van der Waals surface area contributed by atoms with Crippen LogP contribution in [0.2, 0.25) is 0 Å². The summed E-state index contributed by atoms with van der Waals surface area (Å²) < 4.78 is 0. The average molecular weight is 399 g/mol. The third-order valence-electron chi connectivity index (χ3n) is 0. The first-order valence-electron chi connectivity index (χ1n) is 3.10. The fraction of sp³-hybridized carbons (Fsp3) is 0. The van der Waals surface area contributed by atoms with E-state index in [9.17, 15) is 0 Å². The van der Waals surface area contributed by atoms with Crippen molar-refractivity contribution in [2.45, 2.75) is 0 Å². The van der Waals surface area contributed by atoms with Gasteiger partial charge in [0.1, 0.15) is 0 Å². The molecule has 0 aliphatic carbocycles. The van der Waals surface area contributed by atoms with E-state index in [4.69, 9.17) is 60.3 Å². The SMILES string of the molecule is OB(O)O.OB(O)O.OB(O)O.OB(O)O.[Eu]. The Kier molecular flexibility index (Phi) is 47.5. The van der Waals surface area contributed by atoms with E-state index in [1.807, 2.05) is 0 Å². The Morgan fingerprint density at radius 2 is 0.294 bits per heavy atom. The smallest absolute Gasteiger partial charge is 0.402 e. The van der Waals surface area contributed by atoms with Gasteiger partial charge in [0, 0.05) is 49.4 Å². The van der Waals surface area contributed by atoms with Crippen molar-refractivity contribution in [3.63, 3.8) is 0 Å². The predicted octanol–water partition coefficient (Wildman–Crippen LogP) is -8.21. The first-order valence-corrected chi connectivity index (χ1v) is 3.10. The molecule has 0 fully saturated rings. The van der Waals surface area contributed by atoms with E-state index < -0.39 is 29.3 Å². The molecule has 12 nitrogen and oxygen atoms in total. The molecule has 0 aromatic rings. The van der Waals surface area contributed by atoms with Gasteiger partial charge in [-0.2, -0.15) is 0 Å². The van der Waals surface area contributed by atoms with Crippen LogP contribution in [0.25, 0.3) is 0 Å². The summed E-state index contributed by atoms with van der Waals surface area (Å²) in [6.07, 6.45) is 0. The summed E-state index contributed by atoms with van der Waals surface area (Å²) >= 11 is 0. The molecule has 12 N–H and O–H groups in total. The maximum Gasteiger partial charge on any atom is 0.631 e. The first-order chi connectivity index (χ1) is 6.93. The molecule has 0 bridgehead atoms. The Bertz CT molecular complexity index is 61.5. The first kappa shape index (κ1) is 31.0. The standard InChI is InChI=1S/4BH3O3.Eu/c4*2-1(3)4;/h4*2-4H;. The zero-order valence-corrected chi connectivity index (χ0v) is 10.5. The van der Waals surface area contributed by atoms with Crippen LogP contribution in [-0.4, -0.2) is 89.6 Å². The second kappa shape index (κ2) is 26.0. The maximum atomic E-state index is 7.17. The van der Waals surface area contributed by atoms with E-state index in [0.29, 0.717) is 0 Å². The third-order valence-corrected chi connectivity index (χ3v) is 0. The van der Waals surface area contributed by atoms with Gasteiger partial charge in [0.15, 0.2) is 0 Å². The monoisotopic (exact) mass is 401 g/mol. The van der Waals surface area contributed by atoms with Crippen LogP contribution in [0.3, 0.4) is 0 Å². The summed E-state index contributed by atoms with van der Waals surface area (Å²) in [5.41, 5.74) is 0. The molecule has 0 aliphatic rings. The van der Waals surface area contributed by atoms with Crippen LogP contribution >= 0.6 is 0 Å². The number of hydrogen-bond donors (Lipinski definition) is 12. The minimum absolute atomic E-state index is 0. The zero-order chi connectivity index (χ0) is 14.3. The molecule has 103 valence electrons. The topological polar surface area (TPSA) is 243 Å². The molecule has 0 heterocycles. The quantitative estimate of drug-likeness (QED) is 0.170. The van der Waals surface area contributed by atoms with Crippen molar-refractivity contribution in [3.05, 3.63) is 0 Å². The molecular formula is H12B4EuO12. The molecule has 0 rings (SSSR count). The molecule has 0 saturated heterocycles. The molecular weight excluding hydrogens is 387 g/mol. The van der Waals surface area contributed by atoms with Crippen LogP contribution in [0, 0.1) is 49.4 Å². The molecule has 0 amide bonds. The van der Waals surface area contributed by atoms with Gasteiger partial charge in [-0.05, 0) is 0 Å². The van der Waals surface area contributed by atoms with Crippen LogP contribution < -0.4 is 0 Å². The fourth-order valence-electron chi connectivity index (χ4n) is 0. The molecule has 17 heteroatoms. The minimum atomic E-state index is -2.17. The van der Waals surface area contributed by atoms with Crippen molar-refractivity contribution in [1.82, 2.24) is 0 Å². The van der Waals surface area contributed by atoms with Gasteiger partial charge < -0.3 is 60.3 Å². The second-order valence-electron chi connectivity index (χ2n) is 1.39. The van der Waals surface area contributed by atoms with Crippen LogP contribution in [0.15, 0.2) is 0 Å². The van der Waals surface area contributed by atoms with Crippen LogP contribution in [-0.2, 0) is 0 Å². The Hall–Kier alpha value is 1.36. The molecule has 0 aromatic heterocycles. The van der Waals surface area contributed by atoms with E-state index in [1.165, 1.54) is 0 Å². The maximum absolute atomic E-state index is 7.17. The zero-order valence-electron chi connectivity index (χ0n) is 8.05. The molecule has 0 atom stereocenters. The van der Waals surface area contributed by atoms with Gasteiger partial charge in [-0.1, -0.05) is 0 Å². The van der Waals surface area contributed by atoms with Crippen molar-refractivity contribution in [1.29, 1.82) is 0 Å². The predicted molar refractivity (Wildman–Crippen MR) is 49.6 cm³/mol. The molecule has 0 aromatic carbocycles. The molecule has 0 saturated carbocycles. The van der Waals surface area contributed by atoms with Gasteiger partial charge in [0.05, 0.1) is 0 Å². The molecule has 0 unspecified atom stereocenters. The van der Waals surface area contributed by atoms with E-state index in [-0.39, 0.29) is 49.4 Å². The summed E-state index contributed by atoms with van der Waals surface area (Å²) in [5.74, 6) is 0. The summed E-state index contributed by atoms with van der Waals surface area (Å²) in [5, 5.41) is 86.0. The van der Waals surface area contributed by atoms with E-state index in [2.05, 4.69) is 0 Å². The van der Waals surface area contributed by atoms with Crippen LogP contribution in [0.5, 0.6) is 0 Å². The fourth-order valence-corrected chi connectivity index (χ4v) is 0. The van der Waals surface area contributed by atoms with Gasteiger partial charge in [-0.25, -0.2) is 0 Å². The van der Waals surface area contributed by atoms with Gasteiger partial charge in [-0.15, -0.1) is 0 Å². The molecule has 1 radical (unpaired) electrons. The van der Waals surface area contributed by atoms with Crippen molar-refractivity contribution in [2.75, 3.05) is 0 Å². The van der Waals surface area contributed by atoms with E-state index >= 15 is 0 Å². The van der Waals surface area contributed by atoms with Crippen LogP contribution in [0.4, 0.5) is 0 Å². The summed E-state index contributed by atoms with van der Waals surface area (Å²) in [6.45, 7) is 0. The Labute approximate surface area is 138 Å². The molecule has 0 spiro atoms. The Morgan fingerprint density at radius 1 is 0.294 bits per heavy atom. The number of rotatable bonds is 0. The summed E-state index contributed by atoms with van der Waals surface area (Å²) in [7, 11) is -8.67. The van der Waals surface area contributed by atoms with Gasteiger partial charge in [0.2, 0.25) is 0 Å².